The molecule has 0 aliphatic rings. The van der Waals surface area contributed by atoms with Gasteiger partial charge in [-0.1, -0.05) is 12.1 Å². The van der Waals surface area contributed by atoms with Crippen LogP contribution in [0.25, 0.3) is 5.69 Å². The van der Waals surface area contributed by atoms with Crippen LogP contribution in [0.3, 0.4) is 0 Å². The summed E-state index contributed by atoms with van der Waals surface area (Å²) in [6.07, 6.45) is 1.81. The van der Waals surface area contributed by atoms with Gasteiger partial charge < -0.3 is 5.32 Å². The van der Waals surface area contributed by atoms with E-state index in [1.807, 2.05) is 0 Å². The summed E-state index contributed by atoms with van der Waals surface area (Å²) in [5.74, 6) is -1.59. The van der Waals surface area contributed by atoms with Gasteiger partial charge in [0.1, 0.15) is 10.7 Å². The number of carbonyl (C=O) groups excluding carboxylic acids is 1. The van der Waals surface area contributed by atoms with Crippen molar-refractivity contribution in [1.29, 1.82) is 0 Å². The Morgan fingerprint density at radius 1 is 1.15 bits per heavy atom. The second-order valence-corrected chi connectivity index (χ2v) is 7.22. The molecule has 3 N–H and O–H groups in total. The summed E-state index contributed by atoms with van der Waals surface area (Å²) in [5.41, 5.74) is 0.657. The quantitative estimate of drug-likeness (QED) is 0.692. The lowest BCUT2D eigenvalue weighted by molar-refractivity contribution is -0.115. The number of hydrogen-bond donors (Lipinski definition) is 2. The molecular weight excluding hydrogens is 378 g/mol. The first-order chi connectivity index (χ1) is 12.7. The Morgan fingerprint density at radius 2 is 1.93 bits per heavy atom. The van der Waals surface area contributed by atoms with E-state index in [0.29, 0.717) is 5.56 Å². The van der Waals surface area contributed by atoms with Crippen LogP contribution < -0.4 is 10.5 Å². The maximum atomic E-state index is 13.2. The molecule has 1 amide bonds. The summed E-state index contributed by atoms with van der Waals surface area (Å²) >= 11 is 0. The molecule has 27 heavy (non-hydrogen) atoms. The lowest BCUT2D eigenvalue weighted by Crippen LogP contribution is -2.18. The molecule has 3 rings (SSSR count). The van der Waals surface area contributed by atoms with Gasteiger partial charge >= 0.3 is 0 Å². The van der Waals surface area contributed by atoms with Gasteiger partial charge in [0, 0.05) is 5.69 Å². The molecule has 0 atom stereocenters. The number of nitrogens with zero attached hydrogens (tertiary/aromatic N) is 2. The standard InChI is InChI=1S/C17H14F2N4O3S/c18-12-3-1-2-11(6-12)7-17(24)22-14-4-5-15(16(8-14)27(20,25)26)23-10-13(19)9-21-23/h1-6,8-10H,7H2,(H,22,24)(H2,20,25,26). The van der Waals surface area contributed by atoms with Crippen LogP contribution in [-0.4, -0.2) is 24.1 Å². The number of carbonyl (C=O) groups is 1. The minimum absolute atomic E-state index is 0.0320. The van der Waals surface area contributed by atoms with Crippen molar-refractivity contribution in [2.45, 2.75) is 11.3 Å². The molecule has 0 spiro atoms. The third-order valence-electron chi connectivity index (χ3n) is 3.60. The molecule has 1 aromatic heterocycles. The number of nitrogens with one attached hydrogen (secondary N) is 1. The Balaban J connectivity index is 1.87. The third kappa shape index (κ3) is 4.54. The second-order valence-electron chi connectivity index (χ2n) is 5.69. The van der Waals surface area contributed by atoms with Gasteiger partial charge in [0.2, 0.25) is 15.9 Å². The first kappa shape index (κ1) is 18.7. The molecular formula is C17H14F2N4O3S. The number of sulfonamides is 1. The molecule has 0 radical (unpaired) electrons. The highest BCUT2D eigenvalue weighted by Gasteiger charge is 2.18. The second kappa shape index (κ2) is 7.25. The van der Waals surface area contributed by atoms with E-state index in [4.69, 9.17) is 5.14 Å². The van der Waals surface area contributed by atoms with E-state index in [2.05, 4.69) is 10.4 Å². The Labute approximate surface area is 153 Å². The zero-order valence-corrected chi connectivity index (χ0v) is 14.6. The number of halogens is 2. The Bertz CT molecular complexity index is 1110. The Hall–Kier alpha value is -3.11. The number of hydrogen-bond acceptors (Lipinski definition) is 4. The maximum Gasteiger partial charge on any atom is 0.240 e. The molecule has 0 fully saturated rings. The van der Waals surface area contributed by atoms with Crippen LogP contribution in [-0.2, 0) is 21.2 Å². The van der Waals surface area contributed by atoms with Crippen LogP contribution in [0.15, 0.2) is 59.8 Å². The van der Waals surface area contributed by atoms with Gasteiger partial charge in [-0.05, 0) is 35.9 Å². The SMILES string of the molecule is NS(=O)(=O)c1cc(NC(=O)Cc2cccc(F)c2)ccc1-n1cc(F)cn1. The van der Waals surface area contributed by atoms with Crippen molar-refractivity contribution in [3.05, 3.63) is 72.1 Å². The van der Waals surface area contributed by atoms with Crippen molar-refractivity contribution >= 4 is 21.6 Å². The van der Waals surface area contributed by atoms with Gasteiger partial charge in [0.05, 0.1) is 24.5 Å². The molecule has 2 aromatic carbocycles. The maximum absolute atomic E-state index is 13.2. The van der Waals surface area contributed by atoms with Crippen molar-refractivity contribution in [2.24, 2.45) is 5.14 Å². The van der Waals surface area contributed by atoms with E-state index in [9.17, 15) is 22.0 Å². The van der Waals surface area contributed by atoms with E-state index < -0.39 is 27.6 Å². The summed E-state index contributed by atoms with van der Waals surface area (Å²) in [7, 11) is -4.18. The molecule has 0 saturated heterocycles. The molecule has 0 bridgehead atoms. The minimum Gasteiger partial charge on any atom is -0.326 e. The zero-order chi connectivity index (χ0) is 19.6. The van der Waals surface area contributed by atoms with Gasteiger partial charge in [0.15, 0.2) is 5.82 Å². The zero-order valence-electron chi connectivity index (χ0n) is 13.8. The smallest absolute Gasteiger partial charge is 0.240 e. The minimum atomic E-state index is -4.18. The average molecular weight is 392 g/mol. The van der Waals surface area contributed by atoms with Crippen molar-refractivity contribution in [2.75, 3.05) is 5.32 Å². The predicted octanol–water partition coefficient (Wildman–Crippen LogP) is 1.98. The van der Waals surface area contributed by atoms with Crippen LogP contribution in [0, 0.1) is 11.6 Å². The fourth-order valence-corrected chi connectivity index (χ4v) is 3.22. The Kier molecular flexibility index (Phi) is 5.02. The summed E-state index contributed by atoms with van der Waals surface area (Å²) in [6.45, 7) is 0. The van der Waals surface area contributed by atoms with E-state index in [1.54, 1.807) is 6.07 Å². The number of benzene rings is 2. The summed E-state index contributed by atoms with van der Waals surface area (Å²) < 4.78 is 51.2. The average Bonchev–Trinajstić information content (AvgIpc) is 3.00. The normalized spacial score (nSPS) is 11.4. The van der Waals surface area contributed by atoms with E-state index in [0.717, 1.165) is 23.1 Å². The van der Waals surface area contributed by atoms with Crippen molar-refractivity contribution in [1.82, 2.24) is 9.78 Å². The topological polar surface area (TPSA) is 107 Å². The monoisotopic (exact) mass is 392 g/mol. The van der Waals surface area contributed by atoms with Gasteiger partial charge in [-0.3, -0.25) is 4.79 Å². The summed E-state index contributed by atoms with van der Waals surface area (Å²) in [4.78, 5) is 11.8. The van der Waals surface area contributed by atoms with Gasteiger partial charge in [-0.2, -0.15) is 5.10 Å². The van der Waals surface area contributed by atoms with E-state index >= 15 is 0 Å². The van der Waals surface area contributed by atoms with Gasteiger partial charge in [0.25, 0.3) is 0 Å². The highest BCUT2D eigenvalue weighted by atomic mass is 32.2. The van der Waals surface area contributed by atoms with Crippen LogP contribution >= 0.6 is 0 Å². The van der Waals surface area contributed by atoms with Crippen LogP contribution in [0.4, 0.5) is 14.5 Å². The summed E-state index contributed by atoms with van der Waals surface area (Å²) in [5, 5.41) is 11.5. The molecule has 140 valence electrons. The number of rotatable bonds is 5. The molecule has 0 aliphatic carbocycles. The van der Waals surface area contributed by atoms with Crippen molar-refractivity contribution < 1.29 is 22.0 Å². The van der Waals surface area contributed by atoms with Crippen molar-refractivity contribution in [3.63, 3.8) is 0 Å². The third-order valence-corrected chi connectivity index (χ3v) is 4.54. The fourth-order valence-electron chi connectivity index (χ4n) is 2.48. The largest absolute Gasteiger partial charge is 0.326 e. The summed E-state index contributed by atoms with van der Waals surface area (Å²) in [6, 6.07) is 9.47. The van der Waals surface area contributed by atoms with Crippen LogP contribution in [0.1, 0.15) is 5.56 Å². The lowest BCUT2D eigenvalue weighted by atomic mass is 10.1. The molecule has 7 nitrogen and oxygen atoms in total. The number of anilines is 1. The molecule has 0 unspecified atom stereocenters. The lowest BCUT2D eigenvalue weighted by Gasteiger charge is -2.11. The highest BCUT2D eigenvalue weighted by Crippen LogP contribution is 2.23. The number of aromatic nitrogens is 2. The van der Waals surface area contributed by atoms with Crippen LogP contribution in [0.2, 0.25) is 0 Å². The molecule has 10 heteroatoms. The van der Waals surface area contributed by atoms with E-state index in [1.165, 1.54) is 30.3 Å². The predicted molar refractivity (Wildman–Crippen MR) is 93.6 cm³/mol. The van der Waals surface area contributed by atoms with Gasteiger partial charge in [-0.15, -0.1) is 0 Å². The number of amides is 1. The highest BCUT2D eigenvalue weighted by molar-refractivity contribution is 7.89. The van der Waals surface area contributed by atoms with Gasteiger partial charge in [-0.25, -0.2) is 27.0 Å². The molecule has 0 saturated carbocycles. The Morgan fingerprint density at radius 3 is 2.56 bits per heavy atom. The molecule has 3 aromatic rings. The van der Waals surface area contributed by atoms with E-state index in [-0.39, 0.29) is 22.7 Å². The number of primary sulfonamides is 1. The number of nitrogens with two attached hydrogens (primary N) is 1. The first-order valence-corrected chi connectivity index (χ1v) is 9.19. The first-order valence-electron chi connectivity index (χ1n) is 7.64. The van der Waals surface area contributed by atoms with Crippen LogP contribution in [0.5, 0.6) is 0 Å². The molecule has 0 aliphatic heterocycles. The molecule has 1 heterocycles. The van der Waals surface area contributed by atoms with Crippen molar-refractivity contribution in [3.8, 4) is 5.69 Å². The fraction of sp³-hybridized carbons (Fsp3) is 0.0588.